The van der Waals surface area contributed by atoms with Gasteiger partial charge in [-0.3, -0.25) is 0 Å². The first-order valence-electron chi connectivity index (χ1n) is 5.35. The van der Waals surface area contributed by atoms with Crippen molar-refractivity contribution in [1.29, 1.82) is 0 Å². The zero-order valence-corrected chi connectivity index (χ0v) is 10.3. The highest BCUT2D eigenvalue weighted by molar-refractivity contribution is 7.98. The molecule has 1 aromatic rings. The lowest BCUT2D eigenvalue weighted by Gasteiger charge is -2.13. The number of thioether (sulfide) groups is 1. The predicted molar refractivity (Wildman–Crippen MR) is 62.2 cm³/mol. The molecule has 0 unspecified atom stereocenters. The summed E-state index contributed by atoms with van der Waals surface area (Å²) in [4.78, 5) is 0.661. The van der Waals surface area contributed by atoms with E-state index in [2.05, 4.69) is 0 Å². The summed E-state index contributed by atoms with van der Waals surface area (Å²) in [6.45, 7) is 3.17. The molecule has 2 rings (SSSR count). The summed E-state index contributed by atoms with van der Waals surface area (Å²) in [6.07, 6.45) is 2.23. The van der Waals surface area contributed by atoms with Crippen molar-refractivity contribution in [3.8, 4) is 0 Å². The molecule has 0 saturated carbocycles. The van der Waals surface area contributed by atoms with E-state index in [-0.39, 0.29) is 12.1 Å². The smallest absolute Gasteiger partial charge is 0.184 e. The van der Waals surface area contributed by atoms with Crippen LogP contribution in [0.1, 0.15) is 24.3 Å². The predicted octanol–water partition coefficient (Wildman–Crippen LogP) is 3.16. The Morgan fingerprint density at radius 3 is 2.62 bits per heavy atom. The van der Waals surface area contributed by atoms with Crippen molar-refractivity contribution in [2.75, 3.05) is 19.5 Å². The third-order valence-electron chi connectivity index (χ3n) is 2.63. The molecular weight excluding hydrogens is 227 g/mol. The quantitative estimate of drug-likeness (QED) is 0.759. The molecule has 16 heavy (non-hydrogen) atoms. The second kappa shape index (κ2) is 5.17. The Labute approximate surface area is 99.1 Å². The first kappa shape index (κ1) is 11.9. The molecule has 1 heterocycles. The third-order valence-corrected chi connectivity index (χ3v) is 3.37. The van der Waals surface area contributed by atoms with Crippen molar-refractivity contribution in [3.05, 3.63) is 29.1 Å². The summed E-state index contributed by atoms with van der Waals surface area (Å²) < 4.78 is 24.7. The van der Waals surface area contributed by atoms with Gasteiger partial charge in [-0.05, 0) is 30.4 Å². The molecule has 1 fully saturated rings. The molecule has 2 nitrogen and oxygen atoms in total. The van der Waals surface area contributed by atoms with Crippen molar-refractivity contribution in [2.24, 2.45) is 0 Å². The zero-order valence-electron chi connectivity index (χ0n) is 9.46. The minimum absolute atomic E-state index is 0.114. The SMILES string of the molecule is CCc1cc(C2OCCO2)cc(SC)c1F. The van der Waals surface area contributed by atoms with Crippen LogP contribution >= 0.6 is 11.8 Å². The van der Waals surface area contributed by atoms with Gasteiger partial charge >= 0.3 is 0 Å². The number of hydrogen-bond acceptors (Lipinski definition) is 3. The molecule has 4 heteroatoms. The van der Waals surface area contributed by atoms with Crippen molar-refractivity contribution in [1.82, 2.24) is 0 Å². The fourth-order valence-corrected chi connectivity index (χ4v) is 2.34. The summed E-state index contributed by atoms with van der Waals surface area (Å²) in [6, 6.07) is 3.65. The lowest BCUT2D eigenvalue weighted by atomic mass is 10.1. The first-order chi connectivity index (χ1) is 7.76. The molecule has 1 aromatic carbocycles. The van der Waals surface area contributed by atoms with Crippen molar-refractivity contribution in [3.63, 3.8) is 0 Å². The largest absolute Gasteiger partial charge is 0.346 e. The number of hydrogen-bond donors (Lipinski definition) is 0. The number of benzene rings is 1. The Bertz CT molecular complexity index is 350. The zero-order chi connectivity index (χ0) is 11.5. The van der Waals surface area contributed by atoms with E-state index in [1.165, 1.54) is 11.8 Å². The van der Waals surface area contributed by atoms with Gasteiger partial charge in [0.05, 0.1) is 13.2 Å². The fourth-order valence-electron chi connectivity index (χ4n) is 1.77. The van der Waals surface area contributed by atoms with Crippen LogP contribution in [0.4, 0.5) is 4.39 Å². The van der Waals surface area contributed by atoms with Gasteiger partial charge in [0.2, 0.25) is 0 Å². The molecule has 0 spiro atoms. The minimum Gasteiger partial charge on any atom is -0.346 e. The van der Waals surface area contributed by atoms with E-state index in [0.717, 1.165) is 11.1 Å². The van der Waals surface area contributed by atoms with Gasteiger partial charge in [0.15, 0.2) is 6.29 Å². The summed E-state index contributed by atoms with van der Waals surface area (Å²) in [5.74, 6) is -0.114. The highest BCUT2D eigenvalue weighted by atomic mass is 32.2. The Hall–Kier alpha value is -0.580. The Balaban J connectivity index is 2.37. The Kier molecular flexibility index (Phi) is 3.84. The Morgan fingerprint density at radius 2 is 2.06 bits per heavy atom. The topological polar surface area (TPSA) is 18.5 Å². The van der Waals surface area contributed by atoms with Gasteiger partial charge in [-0.2, -0.15) is 0 Å². The minimum atomic E-state index is -0.322. The van der Waals surface area contributed by atoms with Crippen LogP contribution in [0, 0.1) is 5.82 Å². The van der Waals surface area contributed by atoms with Gasteiger partial charge in [0.25, 0.3) is 0 Å². The van der Waals surface area contributed by atoms with E-state index in [0.29, 0.717) is 24.5 Å². The highest BCUT2D eigenvalue weighted by Gasteiger charge is 2.21. The summed E-state index contributed by atoms with van der Waals surface area (Å²) in [7, 11) is 0. The van der Waals surface area contributed by atoms with Crippen molar-refractivity contribution in [2.45, 2.75) is 24.5 Å². The second-order valence-electron chi connectivity index (χ2n) is 3.62. The van der Waals surface area contributed by atoms with Gasteiger partial charge in [-0.15, -0.1) is 11.8 Å². The van der Waals surface area contributed by atoms with Crippen LogP contribution in [0.5, 0.6) is 0 Å². The molecule has 0 bridgehead atoms. The monoisotopic (exact) mass is 242 g/mol. The van der Waals surface area contributed by atoms with E-state index in [4.69, 9.17) is 9.47 Å². The van der Waals surface area contributed by atoms with Gasteiger partial charge < -0.3 is 9.47 Å². The van der Waals surface area contributed by atoms with E-state index >= 15 is 0 Å². The van der Waals surface area contributed by atoms with Crippen LogP contribution in [0.3, 0.4) is 0 Å². The maximum Gasteiger partial charge on any atom is 0.184 e. The van der Waals surface area contributed by atoms with Gasteiger partial charge in [-0.25, -0.2) is 4.39 Å². The van der Waals surface area contributed by atoms with Crippen LogP contribution in [0.25, 0.3) is 0 Å². The highest BCUT2D eigenvalue weighted by Crippen LogP contribution is 2.30. The summed E-state index contributed by atoms with van der Waals surface area (Å²) in [5, 5.41) is 0. The average molecular weight is 242 g/mol. The molecule has 0 atom stereocenters. The number of aryl methyl sites for hydroxylation is 1. The molecule has 1 saturated heterocycles. The van der Waals surface area contributed by atoms with E-state index in [1.807, 2.05) is 25.3 Å². The molecule has 1 aliphatic heterocycles. The molecule has 88 valence electrons. The number of ether oxygens (including phenoxy) is 2. The van der Waals surface area contributed by atoms with Gasteiger partial charge in [0.1, 0.15) is 5.82 Å². The van der Waals surface area contributed by atoms with E-state index in [9.17, 15) is 4.39 Å². The van der Waals surface area contributed by atoms with Crippen LogP contribution in [0.2, 0.25) is 0 Å². The lowest BCUT2D eigenvalue weighted by molar-refractivity contribution is -0.0443. The molecular formula is C12H15FO2S. The van der Waals surface area contributed by atoms with Gasteiger partial charge in [-0.1, -0.05) is 6.92 Å². The maximum atomic E-state index is 13.8. The lowest BCUT2D eigenvalue weighted by Crippen LogP contribution is -2.02. The van der Waals surface area contributed by atoms with Crippen LogP contribution in [0.15, 0.2) is 17.0 Å². The summed E-state index contributed by atoms with van der Waals surface area (Å²) >= 11 is 1.41. The summed E-state index contributed by atoms with van der Waals surface area (Å²) in [5.41, 5.74) is 1.64. The molecule has 0 amide bonds. The second-order valence-corrected chi connectivity index (χ2v) is 4.47. The molecule has 0 radical (unpaired) electrons. The Morgan fingerprint density at radius 1 is 1.38 bits per heavy atom. The standard InChI is InChI=1S/C12H15FO2S/c1-3-8-6-9(12-14-4-5-15-12)7-10(16-2)11(8)13/h6-7,12H,3-5H2,1-2H3. The average Bonchev–Trinajstić information content (AvgIpc) is 2.83. The van der Waals surface area contributed by atoms with Crippen LogP contribution in [-0.2, 0) is 15.9 Å². The van der Waals surface area contributed by atoms with Crippen LogP contribution in [-0.4, -0.2) is 19.5 Å². The van der Waals surface area contributed by atoms with Crippen LogP contribution < -0.4 is 0 Å². The normalized spacial score (nSPS) is 16.9. The molecule has 0 aliphatic carbocycles. The van der Waals surface area contributed by atoms with E-state index < -0.39 is 0 Å². The first-order valence-corrected chi connectivity index (χ1v) is 6.58. The number of rotatable bonds is 3. The molecule has 0 aromatic heterocycles. The third kappa shape index (κ3) is 2.24. The maximum absolute atomic E-state index is 13.8. The van der Waals surface area contributed by atoms with Crippen molar-refractivity contribution >= 4 is 11.8 Å². The number of halogens is 1. The molecule has 0 N–H and O–H groups in total. The molecule has 1 aliphatic rings. The van der Waals surface area contributed by atoms with Gasteiger partial charge in [0, 0.05) is 10.5 Å². The fraction of sp³-hybridized carbons (Fsp3) is 0.500. The van der Waals surface area contributed by atoms with E-state index in [1.54, 1.807) is 0 Å². The van der Waals surface area contributed by atoms with Crippen molar-refractivity contribution < 1.29 is 13.9 Å².